The SMILES string of the molecule is O=[N+]([O-])c1cccc(CN(c2ccccc2)S(=O)(=O)CCl)c1. The minimum Gasteiger partial charge on any atom is -0.265 e. The van der Waals surface area contributed by atoms with Crippen LogP contribution in [0.1, 0.15) is 5.56 Å². The minimum atomic E-state index is -3.72. The van der Waals surface area contributed by atoms with E-state index in [1.54, 1.807) is 36.4 Å². The van der Waals surface area contributed by atoms with Gasteiger partial charge in [-0.1, -0.05) is 30.3 Å². The fraction of sp³-hybridized carbons (Fsp3) is 0.143. The molecule has 0 heterocycles. The third kappa shape index (κ3) is 3.75. The van der Waals surface area contributed by atoms with Gasteiger partial charge in [-0.2, -0.15) is 0 Å². The lowest BCUT2D eigenvalue weighted by molar-refractivity contribution is -0.384. The summed E-state index contributed by atoms with van der Waals surface area (Å²) in [6.45, 7) is -0.0270. The summed E-state index contributed by atoms with van der Waals surface area (Å²) >= 11 is 5.55. The van der Waals surface area contributed by atoms with Crippen molar-refractivity contribution >= 4 is 33.0 Å². The second kappa shape index (κ2) is 6.76. The Hall–Kier alpha value is -2.12. The van der Waals surface area contributed by atoms with E-state index in [4.69, 9.17) is 11.6 Å². The molecule has 0 unspecified atom stereocenters. The molecule has 2 rings (SSSR count). The summed E-state index contributed by atoms with van der Waals surface area (Å²) in [5.41, 5.74) is 0.871. The van der Waals surface area contributed by atoms with E-state index in [1.165, 1.54) is 18.2 Å². The Bertz CT molecular complexity index is 765. The number of nitro benzene ring substituents is 1. The summed E-state index contributed by atoms with van der Waals surface area (Å²) in [5, 5.41) is 10.2. The lowest BCUT2D eigenvalue weighted by Gasteiger charge is -2.23. The van der Waals surface area contributed by atoms with Crippen LogP contribution in [0.4, 0.5) is 11.4 Å². The topological polar surface area (TPSA) is 80.5 Å². The third-order valence-electron chi connectivity index (χ3n) is 2.97. The van der Waals surface area contributed by atoms with Crippen molar-refractivity contribution in [2.24, 2.45) is 0 Å². The summed E-state index contributed by atoms with van der Waals surface area (Å²) in [4.78, 5) is 10.3. The van der Waals surface area contributed by atoms with E-state index < -0.39 is 20.2 Å². The zero-order chi connectivity index (χ0) is 16.2. The molecule has 0 saturated heterocycles. The van der Waals surface area contributed by atoms with Gasteiger partial charge in [-0.05, 0) is 17.7 Å². The fourth-order valence-corrected chi connectivity index (χ4v) is 3.20. The van der Waals surface area contributed by atoms with Gasteiger partial charge in [0.15, 0.2) is 0 Å². The number of hydrogen-bond donors (Lipinski definition) is 0. The maximum Gasteiger partial charge on any atom is 0.269 e. The summed E-state index contributed by atoms with van der Waals surface area (Å²) in [7, 11) is -3.72. The zero-order valence-electron chi connectivity index (χ0n) is 11.4. The molecule has 0 fully saturated rings. The van der Waals surface area contributed by atoms with E-state index >= 15 is 0 Å². The van der Waals surface area contributed by atoms with Crippen LogP contribution in [-0.4, -0.2) is 18.6 Å². The summed E-state index contributed by atoms with van der Waals surface area (Å²) in [5.74, 6) is 0. The van der Waals surface area contributed by atoms with Gasteiger partial charge in [0, 0.05) is 12.1 Å². The van der Waals surface area contributed by atoms with Gasteiger partial charge in [-0.3, -0.25) is 14.4 Å². The average Bonchev–Trinajstić information content (AvgIpc) is 2.53. The predicted molar refractivity (Wildman–Crippen MR) is 85.4 cm³/mol. The molecule has 0 aromatic heterocycles. The maximum atomic E-state index is 12.2. The van der Waals surface area contributed by atoms with Gasteiger partial charge in [0.05, 0.1) is 17.2 Å². The van der Waals surface area contributed by atoms with E-state index in [9.17, 15) is 18.5 Å². The summed E-state index contributed by atoms with van der Waals surface area (Å²) < 4.78 is 25.5. The lowest BCUT2D eigenvalue weighted by atomic mass is 10.2. The average molecular weight is 341 g/mol. The number of rotatable bonds is 6. The molecule has 0 N–H and O–H groups in total. The van der Waals surface area contributed by atoms with Gasteiger partial charge in [-0.15, -0.1) is 11.6 Å². The first kappa shape index (κ1) is 16.3. The quantitative estimate of drug-likeness (QED) is 0.459. The van der Waals surface area contributed by atoms with Crippen LogP contribution in [0.3, 0.4) is 0 Å². The second-order valence-corrected chi connectivity index (χ2v) is 6.97. The summed E-state index contributed by atoms with van der Waals surface area (Å²) in [6, 6.07) is 14.3. The highest BCUT2D eigenvalue weighted by molar-refractivity contribution is 7.93. The number of halogens is 1. The first-order valence-corrected chi connectivity index (χ1v) is 8.43. The van der Waals surface area contributed by atoms with Crippen LogP contribution in [0, 0.1) is 10.1 Å². The molecule has 116 valence electrons. The zero-order valence-corrected chi connectivity index (χ0v) is 13.0. The van der Waals surface area contributed by atoms with Gasteiger partial charge in [0.25, 0.3) is 5.69 Å². The van der Waals surface area contributed by atoms with Crippen LogP contribution in [0.25, 0.3) is 0 Å². The Morgan fingerprint density at radius 2 is 1.77 bits per heavy atom. The molecule has 0 aliphatic rings. The van der Waals surface area contributed by atoms with E-state index in [-0.39, 0.29) is 12.2 Å². The first-order chi connectivity index (χ1) is 10.4. The molecular weight excluding hydrogens is 328 g/mol. The van der Waals surface area contributed by atoms with Crippen molar-refractivity contribution in [1.29, 1.82) is 0 Å². The maximum absolute atomic E-state index is 12.2. The highest BCUT2D eigenvalue weighted by Crippen LogP contribution is 2.23. The molecule has 0 aliphatic heterocycles. The third-order valence-corrected chi connectivity index (χ3v) is 5.08. The number of alkyl halides is 1. The molecule has 0 amide bonds. The lowest BCUT2D eigenvalue weighted by Crippen LogP contribution is -2.31. The normalized spacial score (nSPS) is 11.1. The molecule has 0 saturated carbocycles. The van der Waals surface area contributed by atoms with E-state index in [1.807, 2.05) is 0 Å². The van der Waals surface area contributed by atoms with Crippen molar-refractivity contribution in [1.82, 2.24) is 0 Å². The number of benzene rings is 2. The molecule has 0 bridgehead atoms. The van der Waals surface area contributed by atoms with Crippen molar-refractivity contribution in [2.45, 2.75) is 6.54 Å². The van der Waals surface area contributed by atoms with E-state index in [2.05, 4.69) is 0 Å². The molecule has 22 heavy (non-hydrogen) atoms. The molecule has 0 atom stereocenters. The summed E-state index contributed by atoms with van der Waals surface area (Å²) in [6.07, 6.45) is 0. The second-order valence-electron chi connectivity index (χ2n) is 4.49. The number of nitrogens with zero attached hydrogens (tertiary/aromatic N) is 2. The van der Waals surface area contributed by atoms with Crippen LogP contribution in [0.5, 0.6) is 0 Å². The van der Waals surface area contributed by atoms with Crippen LogP contribution >= 0.6 is 11.6 Å². The van der Waals surface area contributed by atoms with Crippen LogP contribution in [0.2, 0.25) is 0 Å². The van der Waals surface area contributed by atoms with Crippen molar-refractivity contribution in [3.8, 4) is 0 Å². The predicted octanol–water partition coefficient (Wildman–Crippen LogP) is 3.13. The number of para-hydroxylation sites is 1. The minimum absolute atomic E-state index is 0.0270. The fourth-order valence-electron chi connectivity index (χ4n) is 1.94. The van der Waals surface area contributed by atoms with Gasteiger partial charge in [0.2, 0.25) is 10.0 Å². The molecule has 6 nitrogen and oxygen atoms in total. The van der Waals surface area contributed by atoms with Crippen LogP contribution < -0.4 is 4.31 Å². The number of non-ortho nitro benzene ring substituents is 1. The van der Waals surface area contributed by atoms with Crippen molar-refractivity contribution < 1.29 is 13.3 Å². The van der Waals surface area contributed by atoms with Gasteiger partial charge >= 0.3 is 0 Å². The highest BCUT2D eigenvalue weighted by Gasteiger charge is 2.22. The Morgan fingerprint density at radius 1 is 1.09 bits per heavy atom. The van der Waals surface area contributed by atoms with Gasteiger partial charge in [0.1, 0.15) is 5.21 Å². The largest absolute Gasteiger partial charge is 0.269 e. The van der Waals surface area contributed by atoms with E-state index in [0.717, 1.165) is 4.31 Å². The molecule has 2 aromatic carbocycles. The van der Waals surface area contributed by atoms with Crippen molar-refractivity contribution in [3.63, 3.8) is 0 Å². The molecule has 0 radical (unpaired) electrons. The smallest absolute Gasteiger partial charge is 0.265 e. The molecular formula is C14H13ClN2O4S. The number of anilines is 1. The molecule has 8 heteroatoms. The van der Waals surface area contributed by atoms with Crippen molar-refractivity contribution in [3.05, 3.63) is 70.3 Å². The standard InChI is InChI=1S/C14H13ClN2O4S/c15-11-22(20,21)16(13-6-2-1-3-7-13)10-12-5-4-8-14(9-12)17(18)19/h1-9H,10-11H2. The molecule has 2 aromatic rings. The Balaban J connectivity index is 2.40. The van der Waals surface area contributed by atoms with E-state index in [0.29, 0.717) is 11.3 Å². The monoisotopic (exact) mass is 340 g/mol. The highest BCUT2D eigenvalue weighted by atomic mass is 35.5. The van der Waals surface area contributed by atoms with Crippen LogP contribution in [0.15, 0.2) is 54.6 Å². The van der Waals surface area contributed by atoms with Crippen molar-refractivity contribution in [2.75, 3.05) is 9.52 Å². The van der Waals surface area contributed by atoms with Gasteiger partial charge < -0.3 is 0 Å². The Labute approximate surface area is 133 Å². The first-order valence-electron chi connectivity index (χ1n) is 6.29. The van der Waals surface area contributed by atoms with Crippen LogP contribution in [-0.2, 0) is 16.6 Å². The van der Waals surface area contributed by atoms with Gasteiger partial charge in [-0.25, -0.2) is 8.42 Å². The molecule has 0 spiro atoms. The Kier molecular flexibility index (Phi) is 4.99. The number of sulfonamides is 1. The number of nitro groups is 1. The molecule has 0 aliphatic carbocycles. The Morgan fingerprint density at radius 3 is 2.36 bits per heavy atom. The number of hydrogen-bond acceptors (Lipinski definition) is 4.